The molecule has 0 aliphatic carbocycles. The van der Waals surface area contributed by atoms with Crippen LogP contribution in [0, 0.1) is 0 Å². The van der Waals surface area contributed by atoms with Crippen molar-refractivity contribution in [1.82, 2.24) is 29.5 Å². The van der Waals surface area contributed by atoms with Gasteiger partial charge in [0.1, 0.15) is 5.69 Å². The summed E-state index contributed by atoms with van der Waals surface area (Å²) >= 11 is 12.0. The molecule has 0 aromatic carbocycles. The number of hydrogen-bond acceptors (Lipinski definition) is 6. The predicted octanol–water partition coefficient (Wildman–Crippen LogP) is 4.81. The summed E-state index contributed by atoms with van der Waals surface area (Å²) in [6.45, 7) is 8.66. The van der Waals surface area contributed by atoms with E-state index < -0.39 is 0 Å². The molecule has 0 unspecified atom stereocenters. The topological polar surface area (TPSA) is 93.8 Å². The van der Waals surface area contributed by atoms with Crippen LogP contribution in [0.3, 0.4) is 0 Å². The monoisotopic (exact) mass is 498 g/mol. The predicted molar refractivity (Wildman–Crippen MR) is 135 cm³/mol. The molecular formula is C23H24Cl2N8O. The van der Waals surface area contributed by atoms with E-state index in [0.717, 1.165) is 23.6 Å². The molecule has 0 aliphatic heterocycles. The Morgan fingerprint density at radius 3 is 2.12 bits per heavy atom. The van der Waals surface area contributed by atoms with E-state index in [1.807, 2.05) is 38.2 Å². The van der Waals surface area contributed by atoms with Crippen LogP contribution >= 0.6 is 23.2 Å². The minimum Gasteiger partial charge on any atom is -0.382 e. The second-order valence-electron chi connectivity index (χ2n) is 6.77. The highest BCUT2D eigenvalue weighted by molar-refractivity contribution is 6.32. The quantitative estimate of drug-likeness (QED) is 0.367. The normalized spacial score (nSPS) is 10.2. The summed E-state index contributed by atoms with van der Waals surface area (Å²) in [6, 6.07) is 7.44. The molecule has 0 saturated carbocycles. The van der Waals surface area contributed by atoms with Crippen LogP contribution in [-0.2, 0) is 4.79 Å². The molecule has 176 valence electrons. The molecule has 9 nitrogen and oxygen atoms in total. The van der Waals surface area contributed by atoms with Crippen molar-refractivity contribution in [3.05, 3.63) is 84.4 Å². The van der Waals surface area contributed by atoms with Gasteiger partial charge >= 0.3 is 0 Å². The second-order valence-corrected chi connectivity index (χ2v) is 7.48. The fourth-order valence-corrected chi connectivity index (χ4v) is 3.41. The summed E-state index contributed by atoms with van der Waals surface area (Å²) in [7, 11) is 0. The first-order valence-corrected chi connectivity index (χ1v) is 11.2. The Balaban J connectivity index is 0.000000196. The maximum absolute atomic E-state index is 11.7. The highest BCUT2D eigenvalue weighted by atomic mass is 35.5. The molecule has 0 saturated heterocycles. The number of anilines is 2. The van der Waals surface area contributed by atoms with Crippen LogP contribution in [-0.4, -0.2) is 48.5 Å². The lowest BCUT2D eigenvalue weighted by Gasteiger charge is -2.16. The first-order valence-electron chi connectivity index (χ1n) is 10.5. The molecule has 0 aliphatic rings. The zero-order valence-electron chi connectivity index (χ0n) is 18.8. The molecule has 11 heteroatoms. The summed E-state index contributed by atoms with van der Waals surface area (Å²) in [4.78, 5) is 21.3. The number of amides is 1. The molecule has 0 bridgehead atoms. The van der Waals surface area contributed by atoms with Crippen molar-refractivity contribution < 1.29 is 4.79 Å². The average molecular weight is 499 g/mol. The lowest BCUT2D eigenvalue weighted by molar-refractivity contribution is -0.114. The van der Waals surface area contributed by atoms with Gasteiger partial charge in [-0.1, -0.05) is 29.8 Å². The molecule has 0 spiro atoms. The summed E-state index contributed by atoms with van der Waals surface area (Å²) in [5, 5.41) is 12.2. The van der Waals surface area contributed by atoms with Crippen LogP contribution in [0.1, 0.15) is 13.8 Å². The van der Waals surface area contributed by atoms with Gasteiger partial charge in [0.05, 0.1) is 41.8 Å². The minimum absolute atomic E-state index is 0.213. The maximum Gasteiger partial charge on any atom is 0.250 e. The van der Waals surface area contributed by atoms with E-state index in [-0.39, 0.29) is 11.1 Å². The van der Waals surface area contributed by atoms with Crippen LogP contribution in [0.15, 0.2) is 74.1 Å². The summed E-state index contributed by atoms with van der Waals surface area (Å²) in [6.07, 6.45) is 11.6. The molecule has 0 atom stereocenters. The van der Waals surface area contributed by atoms with Crippen molar-refractivity contribution in [2.45, 2.75) is 13.8 Å². The first kappa shape index (κ1) is 24.9. The Labute approximate surface area is 207 Å². The fraction of sp³-hybridized carbons (Fsp3) is 0.174. The van der Waals surface area contributed by atoms with Crippen molar-refractivity contribution in [3.63, 3.8) is 0 Å². The largest absolute Gasteiger partial charge is 0.382 e. The van der Waals surface area contributed by atoms with E-state index in [0.29, 0.717) is 17.4 Å². The van der Waals surface area contributed by atoms with Gasteiger partial charge in [-0.25, -0.2) is 9.36 Å². The van der Waals surface area contributed by atoms with Crippen LogP contribution in [0.2, 0.25) is 10.3 Å². The van der Waals surface area contributed by atoms with E-state index in [2.05, 4.69) is 32.1 Å². The smallest absolute Gasteiger partial charge is 0.250 e. The molecule has 0 radical (unpaired) electrons. The number of carbonyl (C=O) groups is 1. The Bertz CT molecular complexity index is 1220. The number of halogens is 2. The number of nitrogens with zero attached hydrogens (tertiary/aromatic N) is 7. The van der Waals surface area contributed by atoms with Crippen LogP contribution in [0.5, 0.6) is 0 Å². The van der Waals surface area contributed by atoms with Crippen molar-refractivity contribution in [3.8, 4) is 11.4 Å². The summed E-state index contributed by atoms with van der Waals surface area (Å²) < 4.78 is 3.29. The maximum atomic E-state index is 11.7. The number of nitrogens with one attached hydrogen (secondary N) is 1. The van der Waals surface area contributed by atoms with Crippen LogP contribution in [0.4, 0.5) is 11.4 Å². The molecule has 1 N–H and O–H groups in total. The lowest BCUT2D eigenvalue weighted by atomic mass is 10.4. The minimum atomic E-state index is -0.213. The molecular weight excluding hydrogens is 475 g/mol. The zero-order chi connectivity index (χ0) is 24.5. The standard InChI is InChI=1S/C13H13ClN4O.C10H11ClN4/c1-3-12(19)17(4-2)11-9-18(16-13(11)14)10-6-5-7-15-8-10;1-2-13-9-7-15(14-10(9)11)8-4-3-5-12-6-8/h3,5-9H,1,4H2,2H3;3-7,13H,2H2,1H3. The van der Waals surface area contributed by atoms with Gasteiger partial charge in [-0.2, -0.15) is 10.2 Å². The summed E-state index contributed by atoms with van der Waals surface area (Å²) in [5.41, 5.74) is 3.06. The summed E-state index contributed by atoms with van der Waals surface area (Å²) in [5.74, 6) is -0.213. The van der Waals surface area contributed by atoms with Gasteiger partial charge in [-0.3, -0.25) is 14.8 Å². The molecule has 4 aromatic rings. The number of hydrogen-bond donors (Lipinski definition) is 1. The Morgan fingerprint density at radius 2 is 1.62 bits per heavy atom. The molecule has 4 heterocycles. The molecule has 4 aromatic heterocycles. The van der Waals surface area contributed by atoms with Gasteiger partial charge in [0.15, 0.2) is 10.3 Å². The van der Waals surface area contributed by atoms with Gasteiger partial charge < -0.3 is 10.2 Å². The third-order valence-corrected chi connectivity index (χ3v) is 5.10. The van der Waals surface area contributed by atoms with Crippen LogP contribution in [0.25, 0.3) is 11.4 Å². The SMILES string of the molecule is C=CC(=O)N(CC)c1cn(-c2cccnc2)nc1Cl.CCNc1cn(-c2cccnc2)nc1Cl. The number of pyridine rings is 2. The molecule has 1 amide bonds. The van der Waals surface area contributed by atoms with Crippen LogP contribution < -0.4 is 10.2 Å². The Morgan fingerprint density at radius 1 is 1.03 bits per heavy atom. The molecule has 4 rings (SSSR count). The van der Waals surface area contributed by atoms with Gasteiger partial charge in [-0.15, -0.1) is 0 Å². The third kappa shape index (κ3) is 6.00. The highest BCUT2D eigenvalue weighted by Crippen LogP contribution is 2.26. The zero-order valence-corrected chi connectivity index (χ0v) is 20.3. The van der Waals surface area contributed by atoms with Crippen molar-refractivity contribution in [2.24, 2.45) is 0 Å². The highest BCUT2D eigenvalue weighted by Gasteiger charge is 2.18. The van der Waals surface area contributed by atoms with E-state index in [9.17, 15) is 4.79 Å². The first-order chi connectivity index (χ1) is 16.5. The van der Waals surface area contributed by atoms with E-state index >= 15 is 0 Å². The number of carbonyl (C=O) groups excluding carboxylic acids is 1. The van der Waals surface area contributed by atoms with E-state index in [1.54, 1.807) is 46.4 Å². The molecule has 0 fully saturated rings. The number of likely N-dealkylation sites (N-methyl/N-ethyl adjacent to an activating group) is 1. The van der Waals surface area contributed by atoms with Gasteiger partial charge in [-0.05, 0) is 44.2 Å². The average Bonchev–Trinajstić information content (AvgIpc) is 3.44. The van der Waals surface area contributed by atoms with Crippen molar-refractivity contribution in [1.29, 1.82) is 0 Å². The Kier molecular flexibility index (Phi) is 8.78. The van der Waals surface area contributed by atoms with Gasteiger partial charge in [0.2, 0.25) is 5.91 Å². The van der Waals surface area contributed by atoms with Gasteiger partial charge in [0.25, 0.3) is 0 Å². The third-order valence-electron chi connectivity index (χ3n) is 4.56. The molecule has 34 heavy (non-hydrogen) atoms. The fourth-order valence-electron chi connectivity index (χ4n) is 2.98. The van der Waals surface area contributed by atoms with Crippen molar-refractivity contribution >= 4 is 40.5 Å². The second kappa shape index (κ2) is 12.0. The van der Waals surface area contributed by atoms with Crippen molar-refractivity contribution in [2.75, 3.05) is 23.3 Å². The Hall–Kier alpha value is -3.69. The van der Waals surface area contributed by atoms with Gasteiger partial charge in [0, 0.05) is 25.5 Å². The number of aromatic nitrogens is 6. The number of rotatable bonds is 7. The van der Waals surface area contributed by atoms with E-state index in [4.69, 9.17) is 23.2 Å². The lowest BCUT2D eigenvalue weighted by Crippen LogP contribution is -2.28. The van der Waals surface area contributed by atoms with E-state index in [1.165, 1.54) is 11.0 Å².